The molecule has 0 radical (unpaired) electrons. The number of carbonyl (C=O) groups is 1. The molecule has 3 aromatic rings. The zero-order chi connectivity index (χ0) is 15.7. The van der Waals surface area contributed by atoms with Gasteiger partial charge < -0.3 is 0 Å². The van der Waals surface area contributed by atoms with Crippen LogP contribution in [0.1, 0.15) is 15.4 Å². The number of rotatable bonds is 3. The van der Waals surface area contributed by atoms with Crippen LogP contribution in [0.4, 0.5) is 18.3 Å². The molecule has 0 aliphatic heterocycles. The fraction of sp³-hybridized carbons (Fsp3) is 0.0833. The van der Waals surface area contributed by atoms with Crippen molar-refractivity contribution < 1.29 is 18.0 Å². The molecule has 3 aromatic heterocycles. The van der Waals surface area contributed by atoms with Crippen LogP contribution in [0.25, 0.3) is 10.6 Å². The van der Waals surface area contributed by atoms with E-state index in [0.717, 1.165) is 21.7 Å². The Morgan fingerprint density at radius 1 is 1.23 bits per heavy atom. The molecule has 3 heterocycles. The minimum atomic E-state index is -4.66. The van der Waals surface area contributed by atoms with Gasteiger partial charge in [-0.25, -0.2) is 9.97 Å². The fourth-order valence-corrected chi connectivity index (χ4v) is 3.80. The molecule has 0 bridgehead atoms. The van der Waals surface area contributed by atoms with Crippen molar-refractivity contribution in [1.82, 2.24) is 9.97 Å². The molecule has 114 valence electrons. The van der Waals surface area contributed by atoms with Crippen molar-refractivity contribution in [3.8, 4) is 10.6 Å². The number of thiazole rings is 2. The summed E-state index contributed by atoms with van der Waals surface area (Å²) in [7, 11) is 0. The minimum Gasteiger partial charge on any atom is -0.297 e. The average Bonchev–Trinajstić information content (AvgIpc) is 3.19. The van der Waals surface area contributed by atoms with Gasteiger partial charge in [0.1, 0.15) is 4.88 Å². The predicted molar refractivity (Wildman–Crippen MR) is 80.5 cm³/mol. The van der Waals surface area contributed by atoms with Crippen LogP contribution in [0.5, 0.6) is 0 Å². The van der Waals surface area contributed by atoms with Gasteiger partial charge in [-0.05, 0) is 11.4 Å². The second-order valence-electron chi connectivity index (χ2n) is 4.00. The second-order valence-corrected chi connectivity index (χ2v) is 6.66. The van der Waals surface area contributed by atoms with Crippen LogP contribution in [0.15, 0.2) is 28.4 Å². The number of hydrogen-bond acceptors (Lipinski definition) is 6. The Morgan fingerprint density at radius 3 is 2.73 bits per heavy atom. The molecule has 4 nitrogen and oxygen atoms in total. The number of amides is 1. The summed E-state index contributed by atoms with van der Waals surface area (Å²) in [5, 5.41) is 6.25. The molecular formula is C12H6F3N3OS3. The van der Waals surface area contributed by atoms with E-state index in [1.165, 1.54) is 11.3 Å². The zero-order valence-electron chi connectivity index (χ0n) is 10.5. The Kier molecular flexibility index (Phi) is 3.98. The maximum absolute atomic E-state index is 12.7. The van der Waals surface area contributed by atoms with Crippen molar-refractivity contribution >= 4 is 45.0 Å². The Labute approximate surface area is 134 Å². The first-order valence-corrected chi connectivity index (χ1v) is 8.40. The topological polar surface area (TPSA) is 54.9 Å². The highest BCUT2D eigenvalue weighted by atomic mass is 32.1. The summed E-state index contributed by atoms with van der Waals surface area (Å²) in [4.78, 5) is 19.8. The van der Waals surface area contributed by atoms with Gasteiger partial charge >= 0.3 is 6.18 Å². The highest BCUT2D eigenvalue weighted by Crippen LogP contribution is 2.33. The molecule has 0 aliphatic carbocycles. The molecule has 0 saturated heterocycles. The third kappa shape index (κ3) is 3.03. The third-order valence-corrected chi connectivity index (χ3v) is 5.02. The number of aromatic nitrogens is 2. The molecule has 22 heavy (non-hydrogen) atoms. The zero-order valence-corrected chi connectivity index (χ0v) is 13.0. The third-order valence-electron chi connectivity index (χ3n) is 2.54. The number of nitrogens with zero attached hydrogens (tertiary/aromatic N) is 2. The van der Waals surface area contributed by atoms with Crippen LogP contribution < -0.4 is 5.32 Å². The van der Waals surface area contributed by atoms with E-state index in [0.29, 0.717) is 17.0 Å². The molecular weight excluding hydrogens is 355 g/mol. The highest BCUT2D eigenvalue weighted by Gasteiger charge is 2.38. The summed E-state index contributed by atoms with van der Waals surface area (Å²) in [6, 6.07) is 3.74. The maximum Gasteiger partial charge on any atom is 0.434 e. The van der Waals surface area contributed by atoms with Crippen LogP contribution in [-0.2, 0) is 6.18 Å². The van der Waals surface area contributed by atoms with Gasteiger partial charge in [-0.3, -0.25) is 10.1 Å². The van der Waals surface area contributed by atoms with Gasteiger partial charge in [-0.1, -0.05) is 6.07 Å². The van der Waals surface area contributed by atoms with Crippen molar-refractivity contribution in [2.45, 2.75) is 6.18 Å². The number of hydrogen-bond donors (Lipinski definition) is 1. The molecule has 1 amide bonds. The van der Waals surface area contributed by atoms with Crippen molar-refractivity contribution in [1.29, 1.82) is 0 Å². The Hall–Kier alpha value is -1.78. The van der Waals surface area contributed by atoms with E-state index in [-0.39, 0.29) is 5.13 Å². The van der Waals surface area contributed by atoms with Crippen molar-refractivity contribution in [3.63, 3.8) is 0 Å². The number of nitrogens with one attached hydrogen (secondary N) is 1. The molecule has 0 atom stereocenters. The maximum atomic E-state index is 12.7. The van der Waals surface area contributed by atoms with Crippen LogP contribution >= 0.6 is 34.0 Å². The molecule has 3 rings (SSSR count). The van der Waals surface area contributed by atoms with Gasteiger partial charge in [0.2, 0.25) is 0 Å². The molecule has 0 aromatic carbocycles. The number of alkyl halides is 3. The quantitative estimate of drug-likeness (QED) is 0.742. The standard InChI is InChI=1S/C12H6F3N3OS3/c13-12(14,15)9-8(22-5-16-9)10(19)18-11-17-6(4-21-11)7-2-1-3-20-7/h1-5H,(H,17,18,19). The summed E-state index contributed by atoms with van der Waals surface area (Å²) in [5.74, 6) is -0.859. The first-order chi connectivity index (χ1) is 10.4. The SMILES string of the molecule is O=C(Nc1nc(-c2cccs2)cs1)c1scnc1C(F)(F)F. The van der Waals surface area contributed by atoms with E-state index in [1.807, 2.05) is 17.5 Å². The van der Waals surface area contributed by atoms with Gasteiger partial charge in [0.15, 0.2) is 10.8 Å². The lowest BCUT2D eigenvalue weighted by Gasteiger charge is -2.05. The van der Waals surface area contributed by atoms with Crippen molar-refractivity contribution in [2.24, 2.45) is 0 Å². The summed E-state index contributed by atoms with van der Waals surface area (Å²) < 4.78 is 38.2. The van der Waals surface area contributed by atoms with Gasteiger partial charge in [-0.2, -0.15) is 13.2 Å². The molecule has 10 heteroatoms. The van der Waals surface area contributed by atoms with Crippen LogP contribution in [0, 0.1) is 0 Å². The summed E-state index contributed by atoms with van der Waals surface area (Å²) in [6.45, 7) is 0. The number of carbonyl (C=O) groups excluding carboxylic acids is 1. The van der Waals surface area contributed by atoms with Crippen molar-refractivity contribution in [3.05, 3.63) is 39.0 Å². The van der Waals surface area contributed by atoms with E-state index in [2.05, 4.69) is 15.3 Å². The van der Waals surface area contributed by atoms with Crippen LogP contribution in [0.2, 0.25) is 0 Å². The number of halogens is 3. The van der Waals surface area contributed by atoms with Gasteiger partial charge in [-0.15, -0.1) is 34.0 Å². The molecule has 0 spiro atoms. The lowest BCUT2D eigenvalue weighted by molar-refractivity contribution is -0.141. The summed E-state index contributed by atoms with van der Waals surface area (Å²) in [6.07, 6.45) is -4.66. The number of thiophene rings is 1. The van der Waals surface area contributed by atoms with Gasteiger partial charge in [0, 0.05) is 5.38 Å². The van der Waals surface area contributed by atoms with Gasteiger partial charge in [0.25, 0.3) is 5.91 Å². The minimum absolute atomic E-state index is 0.245. The fourth-order valence-electron chi connectivity index (χ4n) is 1.63. The largest absolute Gasteiger partial charge is 0.434 e. The van der Waals surface area contributed by atoms with E-state index < -0.39 is 22.7 Å². The van der Waals surface area contributed by atoms with E-state index >= 15 is 0 Å². The van der Waals surface area contributed by atoms with Gasteiger partial charge in [0.05, 0.1) is 16.1 Å². The van der Waals surface area contributed by atoms with Crippen LogP contribution in [0.3, 0.4) is 0 Å². The van der Waals surface area contributed by atoms with Crippen molar-refractivity contribution in [2.75, 3.05) is 5.32 Å². The predicted octanol–water partition coefficient (Wildman–Crippen LogP) is 4.60. The normalized spacial score (nSPS) is 11.6. The smallest absolute Gasteiger partial charge is 0.297 e. The Balaban J connectivity index is 1.80. The van der Waals surface area contributed by atoms with E-state index in [4.69, 9.17) is 0 Å². The lowest BCUT2D eigenvalue weighted by atomic mass is 10.3. The van der Waals surface area contributed by atoms with Crippen LogP contribution in [-0.4, -0.2) is 15.9 Å². The lowest BCUT2D eigenvalue weighted by Crippen LogP contribution is -2.17. The summed E-state index contributed by atoms with van der Waals surface area (Å²) in [5.41, 5.74) is 0.497. The molecule has 0 saturated carbocycles. The first-order valence-electron chi connectivity index (χ1n) is 5.76. The molecule has 0 fully saturated rings. The summed E-state index contributed by atoms with van der Waals surface area (Å²) >= 11 is 3.28. The second kappa shape index (κ2) is 5.78. The molecule has 1 N–H and O–H groups in total. The molecule has 0 unspecified atom stereocenters. The number of anilines is 1. The highest BCUT2D eigenvalue weighted by molar-refractivity contribution is 7.16. The first kappa shape index (κ1) is 15.1. The van der Waals surface area contributed by atoms with E-state index in [1.54, 1.807) is 5.38 Å². The Morgan fingerprint density at radius 2 is 2.05 bits per heavy atom. The Bertz CT molecular complexity index is 792. The molecule has 0 aliphatic rings. The monoisotopic (exact) mass is 361 g/mol. The van der Waals surface area contributed by atoms with E-state index in [9.17, 15) is 18.0 Å². The average molecular weight is 361 g/mol.